The Bertz CT molecular complexity index is 717. The third kappa shape index (κ3) is 6.19. The van der Waals surface area contributed by atoms with Crippen molar-refractivity contribution in [1.82, 2.24) is 19.8 Å². The quantitative estimate of drug-likeness (QED) is 0.817. The van der Waals surface area contributed by atoms with Crippen LogP contribution in [0.1, 0.15) is 20.8 Å². The van der Waals surface area contributed by atoms with E-state index in [0.717, 1.165) is 56.3 Å². The van der Waals surface area contributed by atoms with Gasteiger partial charge < -0.3 is 15.5 Å². The summed E-state index contributed by atoms with van der Waals surface area (Å²) < 4.78 is 0. The van der Waals surface area contributed by atoms with Crippen molar-refractivity contribution in [3.63, 3.8) is 0 Å². The number of likely N-dealkylation sites (N-methyl/N-ethyl adjacent to an activating group) is 1. The van der Waals surface area contributed by atoms with Crippen molar-refractivity contribution in [2.45, 2.75) is 26.3 Å². The Balaban J connectivity index is 1.70. The highest BCUT2D eigenvalue weighted by Gasteiger charge is 2.15. The van der Waals surface area contributed by atoms with Crippen LogP contribution in [0.2, 0.25) is 0 Å². The van der Waals surface area contributed by atoms with Gasteiger partial charge in [-0.2, -0.15) is 4.98 Å². The molecule has 0 spiro atoms. The van der Waals surface area contributed by atoms with Crippen LogP contribution in [-0.4, -0.2) is 71.6 Å². The monoisotopic (exact) mass is 368 g/mol. The van der Waals surface area contributed by atoms with E-state index < -0.39 is 0 Å². The first-order valence-corrected chi connectivity index (χ1v) is 9.76. The van der Waals surface area contributed by atoms with Crippen molar-refractivity contribution in [2.75, 3.05) is 56.9 Å². The van der Waals surface area contributed by atoms with Gasteiger partial charge in [-0.05, 0) is 27.8 Å². The molecule has 1 fully saturated rings. The van der Waals surface area contributed by atoms with Crippen LogP contribution in [0, 0.1) is 0 Å². The zero-order valence-electron chi connectivity index (χ0n) is 17.0. The second kappa shape index (κ2) is 8.67. The zero-order valence-corrected chi connectivity index (χ0v) is 17.0. The van der Waals surface area contributed by atoms with Gasteiger partial charge >= 0.3 is 0 Å². The van der Waals surface area contributed by atoms with E-state index in [-0.39, 0.29) is 5.54 Å². The molecule has 6 nitrogen and oxygen atoms in total. The van der Waals surface area contributed by atoms with Gasteiger partial charge in [-0.15, -0.1) is 0 Å². The molecule has 1 saturated heterocycles. The number of piperazine rings is 1. The SMILES string of the molecule is CN1CCN(CCNc2cc(-c3ccccc3)nc(NC(C)(C)C)n2)CC1. The summed E-state index contributed by atoms with van der Waals surface area (Å²) in [6, 6.07) is 12.3. The van der Waals surface area contributed by atoms with E-state index >= 15 is 0 Å². The van der Waals surface area contributed by atoms with Crippen LogP contribution in [0.15, 0.2) is 36.4 Å². The van der Waals surface area contributed by atoms with Crippen LogP contribution in [0.4, 0.5) is 11.8 Å². The van der Waals surface area contributed by atoms with Crippen LogP contribution in [0.3, 0.4) is 0 Å². The molecule has 2 aromatic rings. The average molecular weight is 369 g/mol. The van der Waals surface area contributed by atoms with E-state index in [0.29, 0.717) is 5.95 Å². The molecule has 0 amide bonds. The van der Waals surface area contributed by atoms with Crippen LogP contribution in [-0.2, 0) is 0 Å². The first-order valence-electron chi connectivity index (χ1n) is 9.76. The van der Waals surface area contributed by atoms with E-state index in [1.807, 2.05) is 24.3 Å². The minimum Gasteiger partial charge on any atom is -0.369 e. The lowest BCUT2D eigenvalue weighted by atomic mass is 10.1. The molecule has 0 aliphatic carbocycles. The van der Waals surface area contributed by atoms with E-state index in [2.05, 4.69) is 65.4 Å². The van der Waals surface area contributed by atoms with Crippen LogP contribution >= 0.6 is 0 Å². The fourth-order valence-electron chi connectivity index (χ4n) is 3.10. The Morgan fingerprint density at radius 3 is 2.37 bits per heavy atom. The molecule has 146 valence electrons. The molecule has 0 saturated carbocycles. The molecule has 6 heteroatoms. The summed E-state index contributed by atoms with van der Waals surface area (Å²) >= 11 is 0. The largest absolute Gasteiger partial charge is 0.369 e. The summed E-state index contributed by atoms with van der Waals surface area (Å²) in [5, 5.41) is 6.89. The second-order valence-corrected chi connectivity index (χ2v) is 8.27. The topological polar surface area (TPSA) is 56.3 Å². The fourth-order valence-corrected chi connectivity index (χ4v) is 3.10. The summed E-state index contributed by atoms with van der Waals surface area (Å²) in [7, 11) is 2.19. The highest BCUT2D eigenvalue weighted by molar-refractivity contribution is 5.64. The van der Waals surface area contributed by atoms with Crippen molar-refractivity contribution in [1.29, 1.82) is 0 Å². The van der Waals surface area contributed by atoms with Gasteiger partial charge in [0.15, 0.2) is 0 Å². The van der Waals surface area contributed by atoms with Gasteiger partial charge in [-0.1, -0.05) is 30.3 Å². The fraction of sp³-hybridized carbons (Fsp3) is 0.524. The summed E-state index contributed by atoms with van der Waals surface area (Å²) in [5.74, 6) is 1.52. The van der Waals surface area contributed by atoms with Crippen molar-refractivity contribution < 1.29 is 0 Å². The van der Waals surface area contributed by atoms with Crippen LogP contribution < -0.4 is 10.6 Å². The number of hydrogen-bond acceptors (Lipinski definition) is 6. The van der Waals surface area contributed by atoms with E-state index in [4.69, 9.17) is 4.98 Å². The van der Waals surface area contributed by atoms with Crippen molar-refractivity contribution in [3.05, 3.63) is 36.4 Å². The maximum atomic E-state index is 4.72. The Morgan fingerprint density at radius 1 is 1.00 bits per heavy atom. The molecule has 3 rings (SSSR count). The molecule has 1 aliphatic rings. The Labute approximate surface area is 163 Å². The highest BCUT2D eigenvalue weighted by Crippen LogP contribution is 2.22. The second-order valence-electron chi connectivity index (χ2n) is 8.27. The van der Waals surface area contributed by atoms with Gasteiger partial charge in [-0.3, -0.25) is 4.90 Å². The summed E-state index contributed by atoms with van der Waals surface area (Å²) in [6.45, 7) is 12.8. The number of nitrogens with one attached hydrogen (secondary N) is 2. The Hall–Kier alpha value is -2.18. The molecule has 1 aromatic heterocycles. The van der Waals surface area contributed by atoms with Crippen molar-refractivity contribution in [3.8, 4) is 11.3 Å². The van der Waals surface area contributed by atoms with E-state index in [1.165, 1.54) is 0 Å². The zero-order chi connectivity index (χ0) is 19.3. The van der Waals surface area contributed by atoms with Crippen molar-refractivity contribution >= 4 is 11.8 Å². The number of benzene rings is 1. The number of nitrogens with zero attached hydrogens (tertiary/aromatic N) is 4. The molecule has 1 aromatic carbocycles. The lowest BCUT2D eigenvalue weighted by Crippen LogP contribution is -2.45. The molecule has 0 radical (unpaired) electrons. The summed E-state index contributed by atoms with van der Waals surface area (Å²) in [6.07, 6.45) is 0. The first kappa shape index (κ1) is 19.6. The predicted molar refractivity (Wildman–Crippen MR) is 113 cm³/mol. The molecular formula is C21H32N6. The number of aromatic nitrogens is 2. The van der Waals surface area contributed by atoms with E-state index in [9.17, 15) is 0 Å². The summed E-state index contributed by atoms with van der Waals surface area (Å²) in [4.78, 5) is 14.3. The molecular weight excluding hydrogens is 336 g/mol. The molecule has 27 heavy (non-hydrogen) atoms. The Kier molecular flexibility index (Phi) is 6.29. The molecule has 1 aliphatic heterocycles. The smallest absolute Gasteiger partial charge is 0.225 e. The lowest BCUT2D eigenvalue weighted by molar-refractivity contribution is 0.158. The standard InChI is InChI=1S/C21H32N6/c1-21(2,3)25-20-23-18(17-8-6-5-7-9-17)16-19(24-20)22-10-11-27-14-12-26(4)13-15-27/h5-9,16H,10-15H2,1-4H3,(H2,22,23,24,25). The van der Waals surface area contributed by atoms with E-state index in [1.54, 1.807) is 0 Å². The van der Waals surface area contributed by atoms with Crippen LogP contribution in [0.25, 0.3) is 11.3 Å². The predicted octanol–water partition coefficient (Wildman–Crippen LogP) is 3.01. The first-order chi connectivity index (χ1) is 12.9. The molecule has 2 N–H and O–H groups in total. The molecule has 0 bridgehead atoms. The van der Waals surface area contributed by atoms with Crippen LogP contribution in [0.5, 0.6) is 0 Å². The highest BCUT2D eigenvalue weighted by atomic mass is 15.3. The normalized spacial score (nSPS) is 16.3. The van der Waals surface area contributed by atoms with Gasteiger partial charge in [0.25, 0.3) is 0 Å². The third-order valence-corrected chi connectivity index (χ3v) is 4.61. The van der Waals surface area contributed by atoms with Gasteiger partial charge in [0, 0.05) is 56.4 Å². The molecule has 2 heterocycles. The number of anilines is 2. The number of rotatable bonds is 6. The lowest BCUT2D eigenvalue weighted by Gasteiger charge is -2.32. The third-order valence-electron chi connectivity index (χ3n) is 4.61. The minimum atomic E-state index is -0.0909. The van der Waals surface area contributed by atoms with Gasteiger partial charge in [0.2, 0.25) is 5.95 Å². The maximum Gasteiger partial charge on any atom is 0.225 e. The van der Waals surface area contributed by atoms with Gasteiger partial charge in [0.1, 0.15) is 5.82 Å². The van der Waals surface area contributed by atoms with Gasteiger partial charge in [-0.25, -0.2) is 4.98 Å². The minimum absolute atomic E-state index is 0.0909. The average Bonchev–Trinajstić information content (AvgIpc) is 2.62. The van der Waals surface area contributed by atoms with Gasteiger partial charge in [0.05, 0.1) is 5.69 Å². The molecule has 0 unspecified atom stereocenters. The Morgan fingerprint density at radius 2 is 1.70 bits per heavy atom. The summed E-state index contributed by atoms with van der Waals surface area (Å²) in [5.41, 5.74) is 1.94. The van der Waals surface area contributed by atoms with Crippen molar-refractivity contribution in [2.24, 2.45) is 0 Å². The molecule has 0 atom stereocenters. The maximum absolute atomic E-state index is 4.72. The number of hydrogen-bond donors (Lipinski definition) is 2.